The first-order chi connectivity index (χ1) is 11.5. The molecule has 5 nitrogen and oxygen atoms in total. The highest BCUT2D eigenvalue weighted by Crippen LogP contribution is 2.39. The third-order valence-electron chi connectivity index (χ3n) is 4.62. The van der Waals surface area contributed by atoms with Crippen LogP contribution in [-0.2, 0) is 13.0 Å². The van der Waals surface area contributed by atoms with Crippen molar-refractivity contribution in [3.63, 3.8) is 0 Å². The molecule has 2 N–H and O–H groups in total. The minimum atomic E-state index is -0.168. The summed E-state index contributed by atoms with van der Waals surface area (Å²) in [6.45, 7) is 4.91. The normalized spacial score (nSPS) is 19.0. The number of nitrogens with zero attached hydrogens (tertiary/aromatic N) is 2. The first kappa shape index (κ1) is 16.4. The molecule has 0 spiro atoms. The molecule has 1 atom stereocenters. The highest BCUT2D eigenvalue weighted by molar-refractivity contribution is 5.74. The molecule has 3 rings (SSSR count). The molecule has 0 bridgehead atoms. The summed E-state index contributed by atoms with van der Waals surface area (Å²) < 4.78 is 0. The van der Waals surface area contributed by atoms with Crippen LogP contribution in [0, 0.1) is 5.41 Å². The van der Waals surface area contributed by atoms with Gasteiger partial charge in [-0.15, -0.1) is 0 Å². The fourth-order valence-corrected chi connectivity index (χ4v) is 3.28. The average molecular weight is 324 g/mol. The SMILES string of the molecule is CC1(C)CCc2ccccc2C(NC(=O)NCc2cccnn2)C1. The van der Waals surface area contributed by atoms with E-state index in [1.807, 2.05) is 18.2 Å². The zero-order valence-electron chi connectivity index (χ0n) is 14.2. The van der Waals surface area contributed by atoms with Crippen molar-refractivity contribution in [1.82, 2.24) is 20.8 Å². The van der Waals surface area contributed by atoms with Gasteiger partial charge >= 0.3 is 6.03 Å². The van der Waals surface area contributed by atoms with Gasteiger partial charge in [-0.05, 0) is 47.9 Å². The van der Waals surface area contributed by atoms with E-state index in [0.29, 0.717) is 6.54 Å². The number of amides is 2. The first-order valence-electron chi connectivity index (χ1n) is 8.42. The maximum atomic E-state index is 12.3. The standard InChI is InChI=1S/C19H24N4O/c1-19(2)10-9-14-6-3-4-8-16(14)17(12-19)22-18(24)20-13-15-7-5-11-21-23-15/h3-8,11,17H,9-10,12-13H2,1-2H3,(H2,20,22,24). The van der Waals surface area contributed by atoms with Crippen LogP contribution in [0.25, 0.3) is 0 Å². The van der Waals surface area contributed by atoms with Gasteiger partial charge in [-0.2, -0.15) is 10.2 Å². The topological polar surface area (TPSA) is 66.9 Å². The molecule has 0 radical (unpaired) electrons. The van der Waals surface area contributed by atoms with Gasteiger partial charge in [0.25, 0.3) is 0 Å². The second-order valence-electron chi connectivity index (χ2n) is 7.16. The van der Waals surface area contributed by atoms with Gasteiger partial charge < -0.3 is 10.6 Å². The van der Waals surface area contributed by atoms with Crippen LogP contribution in [0.2, 0.25) is 0 Å². The lowest BCUT2D eigenvalue weighted by atomic mass is 9.83. The highest BCUT2D eigenvalue weighted by Gasteiger charge is 2.30. The zero-order chi connectivity index (χ0) is 17.0. The molecular weight excluding hydrogens is 300 g/mol. The Hall–Kier alpha value is -2.43. The van der Waals surface area contributed by atoms with Gasteiger partial charge in [-0.3, -0.25) is 0 Å². The summed E-state index contributed by atoms with van der Waals surface area (Å²) in [5.74, 6) is 0. The molecule has 126 valence electrons. The number of aryl methyl sites for hydroxylation is 1. The molecule has 0 aliphatic heterocycles. The molecule has 24 heavy (non-hydrogen) atoms. The first-order valence-corrected chi connectivity index (χ1v) is 8.42. The van der Waals surface area contributed by atoms with E-state index in [0.717, 1.165) is 25.0 Å². The van der Waals surface area contributed by atoms with E-state index in [1.165, 1.54) is 11.1 Å². The maximum absolute atomic E-state index is 12.3. The summed E-state index contributed by atoms with van der Waals surface area (Å²) in [4.78, 5) is 12.3. The minimum Gasteiger partial charge on any atom is -0.332 e. The number of urea groups is 1. The Morgan fingerprint density at radius 3 is 2.88 bits per heavy atom. The molecule has 1 aromatic heterocycles. The maximum Gasteiger partial charge on any atom is 0.315 e. The monoisotopic (exact) mass is 324 g/mol. The van der Waals surface area contributed by atoms with Crippen LogP contribution in [-0.4, -0.2) is 16.2 Å². The number of hydrogen-bond acceptors (Lipinski definition) is 3. The predicted molar refractivity (Wildman–Crippen MR) is 93.3 cm³/mol. The fourth-order valence-electron chi connectivity index (χ4n) is 3.28. The van der Waals surface area contributed by atoms with E-state index in [4.69, 9.17) is 0 Å². The third-order valence-corrected chi connectivity index (χ3v) is 4.62. The third kappa shape index (κ3) is 4.10. The van der Waals surface area contributed by atoms with Crippen LogP contribution < -0.4 is 10.6 Å². The van der Waals surface area contributed by atoms with Crippen molar-refractivity contribution in [2.24, 2.45) is 5.41 Å². The Morgan fingerprint density at radius 1 is 1.25 bits per heavy atom. The summed E-state index contributed by atoms with van der Waals surface area (Å²) >= 11 is 0. The zero-order valence-corrected chi connectivity index (χ0v) is 14.2. The second-order valence-corrected chi connectivity index (χ2v) is 7.16. The van der Waals surface area contributed by atoms with Crippen molar-refractivity contribution in [2.45, 2.75) is 45.7 Å². The largest absolute Gasteiger partial charge is 0.332 e. The average Bonchev–Trinajstić information content (AvgIpc) is 2.71. The number of aromatic nitrogens is 2. The van der Waals surface area contributed by atoms with Gasteiger partial charge in [-0.25, -0.2) is 4.79 Å². The van der Waals surface area contributed by atoms with E-state index in [-0.39, 0.29) is 17.5 Å². The smallest absolute Gasteiger partial charge is 0.315 e. The molecule has 0 saturated carbocycles. The van der Waals surface area contributed by atoms with Crippen LogP contribution in [0.4, 0.5) is 4.79 Å². The summed E-state index contributed by atoms with van der Waals surface area (Å²) in [6.07, 6.45) is 4.74. The number of fused-ring (bicyclic) bond motifs is 1. The van der Waals surface area contributed by atoms with Crippen molar-refractivity contribution in [3.05, 3.63) is 59.4 Å². The summed E-state index contributed by atoms with van der Waals surface area (Å²) in [6, 6.07) is 11.9. The van der Waals surface area contributed by atoms with Crippen molar-refractivity contribution in [3.8, 4) is 0 Å². The molecule has 0 saturated heterocycles. The number of benzene rings is 1. The summed E-state index contributed by atoms with van der Waals surface area (Å²) in [7, 11) is 0. The fraction of sp³-hybridized carbons (Fsp3) is 0.421. The van der Waals surface area contributed by atoms with Gasteiger partial charge in [0.05, 0.1) is 18.3 Å². The van der Waals surface area contributed by atoms with Crippen LogP contribution in [0.5, 0.6) is 0 Å². The molecule has 0 fully saturated rings. The molecule has 2 aromatic rings. The molecule has 1 aliphatic carbocycles. The lowest BCUT2D eigenvalue weighted by Crippen LogP contribution is -2.39. The Balaban J connectivity index is 1.69. The quantitative estimate of drug-likeness (QED) is 0.851. The molecule has 1 heterocycles. The van der Waals surface area contributed by atoms with Gasteiger partial charge in [0, 0.05) is 6.20 Å². The molecule has 1 unspecified atom stereocenters. The van der Waals surface area contributed by atoms with Crippen molar-refractivity contribution < 1.29 is 4.79 Å². The van der Waals surface area contributed by atoms with E-state index in [1.54, 1.807) is 6.20 Å². The van der Waals surface area contributed by atoms with E-state index < -0.39 is 0 Å². The Morgan fingerprint density at radius 2 is 2.08 bits per heavy atom. The Labute approximate surface area is 142 Å². The van der Waals surface area contributed by atoms with Crippen molar-refractivity contribution >= 4 is 6.03 Å². The molecule has 2 amide bonds. The molecular formula is C19H24N4O. The van der Waals surface area contributed by atoms with Crippen LogP contribution in [0.3, 0.4) is 0 Å². The summed E-state index contributed by atoms with van der Waals surface area (Å²) in [5.41, 5.74) is 3.51. The molecule has 1 aromatic carbocycles. The van der Waals surface area contributed by atoms with Gasteiger partial charge in [0.15, 0.2) is 0 Å². The lowest BCUT2D eigenvalue weighted by Gasteiger charge is -2.27. The number of carbonyl (C=O) groups excluding carboxylic acids is 1. The Bertz CT molecular complexity index is 700. The number of nitrogens with one attached hydrogen (secondary N) is 2. The summed E-state index contributed by atoms with van der Waals surface area (Å²) in [5, 5.41) is 13.8. The molecule has 5 heteroatoms. The predicted octanol–water partition coefficient (Wildman–Crippen LogP) is 3.38. The van der Waals surface area contributed by atoms with Crippen LogP contribution >= 0.6 is 0 Å². The van der Waals surface area contributed by atoms with Crippen LogP contribution in [0.15, 0.2) is 42.6 Å². The van der Waals surface area contributed by atoms with Crippen molar-refractivity contribution in [1.29, 1.82) is 0 Å². The minimum absolute atomic E-state index is 0.0283. The Kier molecular flexibility index (Phi) is 4.79. The van der Waals surface area contributed by atoms with Gasteiger partial charge in [0.1, 0.15) is 0 Å². The molecule has 1 aliphatic rings. The number of carbonyl (C=O) groups is 1. The lowest BCUT2D eigenvalue weighted by molar-refractivity contribution is 0.226. The number of hydrogen-bond donors (Lipinski definition) is 2. The van der Waals surface area contributed by atoms with Crippen LogP contribution in [0.1, 0.15) is 49.6 Å². The highest BCUT2D eigenvalue weighted by atomic mass is 16.2. The van der Waals surface area contributed by atoms with Crippen molar-refractivity contribution in [2.75, 3.05) is 0 Å². The van der Waals surface area contributed by atoms with E-state index in [9.17, 15) is 4.79 Å². The van der Waals surface area contributed by atoms with Gasteiger partial charge in [-0.1, -0.05) is 38.1 Å². The van der Waals surface area contributed by atoms with E-state index >= 15 is 0 Å². The van der Waals surface area contributed by atoms with E-state index in [2.05, 4.69) is 52.9 Å². The second kappa shape index (κ2) is 6.99. The van der Waals surface area contributed by atoms with Gasteiger partial charge in [0.2, 0.25) is 0 Å². The number of rotatable bonds is 3.